The van der Waals surface area contributed by atoms with Crippen molar-refractivity contribution in [3.05, 3.63) is 24.4 Å². The Morgan fingerprint density at radius 2 is 1.84 bits per heavy atom. The predicted molar refractivity (Wildman–Crippen MR) is 94.2 cm³/mol. The second-order valence-electron chi connectivity index (χ2n) is 7.31. The summed E-state index contributed by atoms with van der Waals surface area (Å²) in [6.45, 7) is 4.72. The number of amides is 1. The number of hydrogen-bond donors (Lipinski definition) is 0. The van der Waals surface area contributed by atoms with Crippen molar-refractivity contribution < 1.29 is 14.3 Å². The van der Waals surface area contributed by atoms with Crippen LogP contribution in [0, 0.1) is 5.92 Å². The average Bonchev–Trinajstić information content (AvgIpc) is 3.13. The lowest BCUT2D eigenvalue weighted by Gasteiger charge is -2.38. The monoisotopic (exact) mass is 345 g/mol. The second kappa shape index (κ2) is 7.30. The number of carbonyl (C=O) groups is 1. The smallest absolute Gasteiger partial charge is 0.222 e. The van der Waals surface area contributed by atoms with Crippen LogP contribution in [-0.2, 0) is 14.3 Å². The largest absolute Gasteiger partial charge is 0.353 e. The predicted octanol–water partition coefficient (Wildman–Crippen LogP) is 2.05. The first-order chi connectivity index (χ1) is 12.2. The van der Waals surface area contributed by atoms with Crippen molar-refractivity contribution in [1.29, 1.82) is 0 Å². The van der Waals surface area contributed by atoms with E-state index in [0.717, 1.165) is 57.7 Å². The molecule has 4 rings (SSSR count). The van der Waals surface area contributed by atoms with Crippen LogP contribution in [0.25, 0.3) is 0 Å². The number of anilines is 1. The molecule has 1 aromatic heterocycles. The molecule has 1 spiro atoms. The highest BCUT2D eigenvalue weighted by atomic mass is 16.7. The van der Waals surface area contributed by atoms with Crippen LogP contribution in [0.1, 0.15) is 32.1 Å². The van der Waals surface area contributed by atoms with Gasteiger partial charge in [0, 0.05) is 51.6 Å². The van der Waals surface area contributed by atoms with Crippen LogP contribution < -0.4 is 4.90 Å². The summed E-state index contributed by atoms with van der Waals surface area (Å²) in [7, 11) is 0. The second-order valence-corrected chi connectivity index (χ2v) is 7.31. The number of hydrogen-bond acceptors (Lipinski definition) is 5. The maximum atomic E-state index is 12.7. The third-order valence-corrected chi connectivity index (χ3v) is 5.75. The van der Waals surface area contributed by atoms with Gasteiger partial charge in [-0.25, -0.2) is 4.98 Å². The summed E-state index contributed by atoms with van der Waals surface area (Å²) >= 11 is 0. The third-order valence-electron chi connectivity index (χ3n) is 5.75. The van der Waals surface area contributed by atoms with Crippen LogP contribution in [0.15, 0.2) is 24.4 Å². The molecule has 0 atom stereocenters. The van der Waals surface area contributed by atoms with Gasteiger partial charge < -0.3 is 19.3 Å². The van der Waals surface area contributed by atoms with Crippen LogP contribution in [-0.4, -0.2) is 61.0 Å². The molecule has 0 N–H and O–H groups in total. The summed E-state index contributed by atoms with van der Waals surface area (Å²) in [6.07, 6.45) is 6.40. The van der Waals surface area contributed by atoms with Crippen LogP contribution in [0.2, 0.25) is 0 Å². The van der Waals surface area contributed by atoms with Gasteiger partial charge in [-0.2, -0.15) is 0 Å². The molecule has 0 bridgehead atoms. The van der Waals surface area contributed by atoms with Gasteiger partial charge in [-0.15, -0.1) is 0 Å². The molecule has 0 radical (unpaired) electrons. The first-order valence-corrected chi connectivity index (χ1v) is 9.46. The molecule has 3 fully saturated rings. The molecule has 1 saturated carbocycles. The molecule has 3 heterocycles. The van der Waals surface area contributed by atoms with Crippen molar-refractivity contribution >= 4 is 11.7 Å². The van der Waals surface area contributed by atoms with Crippen molar-refractivity contribution in [3.8, 4) is 0 Å². The maximum Gasteiger partial charge on any atom is 0.222 e. The number of pyridine rings is 1. The quantitative estimate of drug-likeness (QED) is 0.839. The minimum atomic E-state index is -0.326. The highest BCUT2D eigenvalue weighted by Gasteiger charge is 2.40. The third kappa shape index (κ3) is 3.80. The molecule has 0 aromatic carbocycles. The first-order valence-electron chi connectivity index (χ1n) is 9.46. The molecule has 1 aromatic rings. The fraction of sp³-hybridized carbons (Fsp3) is 0.684. The standard InChI is InChI=1S/C19H27N3O3/c23-18(15-16-4-6-19(7-5-16)24-13-14-25-19)22-11-9-21(10-12-22)17-3-1-2-8-20-17/h1-3,8,16H,4-7,9-15H2. The summed E-state index contributed by atoms with van der Waals surface area (Å²) < 4.78 is 11.6. The van der Waals surface area contributed by atoms with Crippen LogP contribution in [0.5, 0.6) is 0 Å². The SMILES string of the molecule is O=C(CC1CCC2(CC1)OCCO2)N1CCN(c2ccccn2)CC1. The highest BCUT2D eigenvalue weighted by molar-refractivity contribution is 5.76. The van der Waals surface area contributed by atoms with E-state index in [-0.39, 0.29) is 5.79 Å². The Morgan fingerprint density at radius 3 is 2.48 bits per heavy atom. The number of nitrogens with zero attached hydrogens (tertiary/aromatic N) is 3. The van der Waals surface area contributed by atoms with E-state index >= 15 is 0 Å². The molecule has 1 aliphatic carbocycles. The van der Waals surface area contributed by atoms with Gasteiger partial charge in [-0.05, 0) is 30.9 Å². The normalized spacial score (nSPS) is 24.0. The minimum Gasteiger partial charge on any atom is -0.353 e. The maximum absolute atomic E-state index is 12.7. The molecule has 2 saturated heterocycles. The van der Waals surface area contributed by atoms with Crippen LogP contribution in [0.4, 0.5) is 5.82 Å². The van der Waals surface area contributed by atoms with E-state index in [0.29, 0.717) is 31.5 Å². The van der Waals surface area contributed by atoms with E-state index in [2.05, 4.69) is 9.88 Å². The van der Waals surface area contributed by atoms with Gasteiger partial charge in [0.15, 0.2) is 5.79 Å². The molecular formula is C19H27N3O3. The van der Waals surface area contributed by atoms with Gasteiger partial charge in [0.05, 0.1) is 13.2 Å². The van der Waals surface area contributed by atoms with E-state index in [4.69, 9.17) is 9.47 Å². The Labute approximate surface area is 149 Å². The zero-order chi connectivity index (χ0) is 17.1. The highest BCUT2D eigenvalue weighted by Crippen LogP contribution is 2.39. The topological polar surface area (TPSA) is 54.9 Å². The molecule has 2 aliphatic heterocycles. The fourth-order valence-electron chi connectivity index (χ4n) is 4.21. The van der Waals surface area contributed by atoms with Gasteiger partial charge in [-0.3, -0.25) is 4.79 Å². The Bertz CT molecular complexity index is 571. The minimum absolute atomic E-state index is 0.301. The molecule has 136 valence electrons. The van der Waals surface area contributed by atoms with E-state index in [9.17, 15) is 4.79 Å². The fourth-order valence-corrected chi connectivity index (χ4v) is 4.21. The first kappa shape index (κ1) is 16.8. The Hall–Kier alpha value is -1.66. The average molecular weight is 345 g/mol. The summed E-state index contributed by atoms with van der Waals surface area (Å²) in [5, 5.41) is 0. The lowest BCUT2D eigenvalue weighted by molar-refractivity contribution is -0.183. The summed E-state index contributed by atoms with van der Waals surface area (Å²) in [4.78, 5) is 21.3. The molecule has 1 amide bonds. The zero-order valence-corrected chi connectivity index (χ0v) is 14.7. The number of aromatic nitrogens is 1. The molecule has 3 aliphatic rings. The van der Waals surface area contributed by atoms with Crippen molar-refractivity contribution in [3.63, 3.8) is 0 Å². The van der Waals surface area contributed by atoms with E-state index < -0.39 is 0 Å². The summed E-state index contributed by atoms with van der Waals surface area (Å²) in [6, 6.07) is 5.97. The Morgan fingerprint density at radius 1 is 1.12 bits per heavy atom. The molecule has 6 heteroatoms. The molecule has 25 heavy (non-hydrogen) atoms. The Balaban J connectivity index is 1.23. The van der Waals surface area contributed by atoms with E-state index in [1.807, 2.05) is 29.3 Å². The van der Waals surface area contributed by atoms with Gasteiger partial charge in [-0.1, -0.05) is 6.07 Å². The van der Waals surface area contributed by atoms with Gasteiger partial charge in [0.2, 0.25) is 5.91 Å². The van der Waals surface area contributed by atoms with Gasteiger partial charge >= 0.3 is 0 Å². The molecular weight excluding hydrogens is 318 g/mol. The van der Waals surface area contributed by atoms with E-state index in [1.165, 1.54) is 0 Å². The number of piperazine rings is 1. The Kier molecular flexibility index (Phi) is 4.90. The van der Waals surface area contributed by atoms with Crippen molar-refractivity contribution in [2.45, 2.75) is 37.9 Å². The summed E-state index contributed by atoms with van der Waals surface area (Å²) in [5.41, 5.74) is 0. The summed E-state index contributed by atoms with van der Waals surface area (Å²) in [5.74, 6) is 1.45. The van der Waals surface area contributed by atoms with Crippen LogP contribution >= 0.6 is 0 Å². The molecule has 0 unspecified atom stereocenters. The lowest BCUT2D eigenvalue weighted by atomic mass is 9.83. The number of rotatable bonds is 3. The van der Waals surface area contributed by atoms with Crippen molar-refractivity contribution in [1.82, 2.24) is 9.88 Å². The van der Waals surface area contributed by atoms with E-state index in [1.54, 1.807) is 0 Å². The number of carbonyl (C=O) groups excluding carboxylic acids is 1. The lowest BCUT2D eigenvalue weighted by Crippen LogP contribution is -2.49. The number of ether oxygens (including phenoxy) is 2. The van der Waals surface area contributed by atoms with Crippen molar-refractivity contribution in [2.75, 3.05) is 44.3 Å². The van der Waals surface area contributed by atoms with Gasteiger partial charge in [0.25, 0.3) is 0 Å². The zero-order valence-electron chi connectivity index (χ0n) is 14.7. The van der Waals surface area contributed by atoms with Gasteiger partial charge in [0.1, 0.15) is 5.82 Å². The van der Waals surface area contributed by atoms with Crippen molar-refractivity contribution in [2.24, 2.45) is 5.92 Å². The molecule has 6 nitrogen and oxygen atoms in total. The van der Waals surface area contributed by atoms with Crippen LogP contribution in [0.3, 0.4) is 0 Å².